The lowest BCUT2D eigenvalue weighted by atomic mass is 9.74. The van der Waals surface area contributed by atoms with E-state index < -0.39 is 0 Å². The number of rotatable bonds is 4. The molecule has 0 bridgehead atoms. The standard InChI is InChI=1S/C15H19ClN2O/c16-14-5-4-13(8-12(14)9-17)18-10-15(11-19)6-2-1-3-7-15/h4-5,8,18-19H,1-3,6-7,10-11H2. The van der Waals surface area contributed by atoms with E-state index in [-0.39, 0.29) is 12.0 Å². The van der Waals surface area contributed by atoms with Crippen molar-refractivity contribution in [2.45, 2.75) is 32.1 Å². The Labute approximate surface area is 119 Å². The van der Waals surface area contributed by atoms with Crippen molar-refractivity contribution in [3.8, 4) is 6.07 Å². The molecule has 3 nitrogen and oxygen atoms in total. The Hall–Kier alpha value is -1.24. The highest BCUT2D eigenvalue weighted by atomic mass is 35.5. The molecule has 102 valence electrons. The minimum atomic E-state index is -0.00923. The molecule has 0 aliphatic heterocycles. The van der Waals surface area contributed by atoms with Crippen molar-refractivity contribution in [1.29, 1.82) is 5.26 Å². The monoisotopic (exact) mass is 278 g/mol. The van der Waals surface area contributed by atoms with E-state index in [1.165, 1.54) is 19.3 Å². The molecule has 1 fully saturated rings. The first-order valence-corrected chi connectivity index (χ1v) is 7.11. The van der Waals surface area contributed by atoms with Crippen LogP contribution < -0.4 is 5.32 Å². The number of anilines is 1. The van der Waals surface area contributed by atoms with Crippen LogP contribution in [-0.4, -0.2) is 18.3 Å². The number of aliphatic hydroxyl groups is 1. The van der Waals surface area contributed by atoms with Gasteiger partial charge >= 0.3 is 0 Å². The van der Waals surface area contributed by atoms with Crippen molar-refractivity contribution in [3.05, 3.63) is 28.8 Å². The molecule has 0 atom stereocenters. The molecule has 0 spiro atoms. The quantitative estimate of drug-likeness (QED) is 0.885. The zero-order valence-electron chi connectivity index (χ0n) is 11.0. The molecule has 1 aromatic rings. The zero-order valence-corrected chi connectivity index (χ0v) is 11.7. The number of aliphatic hydroxyl groups excluding tert-OH is 1. The van der Waals surface area contributed by atoms with Gasteiger partial charge in [-0.15, -0.1) is 0 Å². The van der Waals surface area contributed by atoms with Gasteiger partial charge < -0.3 is 10.4 Å². The number of hydrogen-bond donors (Lipinski definition) is 2. The van der Waals surface area contributed by atoms with E-state index >= 15 is 0 Å². The van der Waals surface area contributed by atoms with Crippen molar-refractivity contribution >= 4 is 17.3 Å². The third-order valence-corrected chi connectivity index (χ3v) is 4.33. The number of nitriles is 1. The normalized spacial score (nSPS) is 17.7. The van der Waals surface area contributed by atoms with Crippen LogP contribution in [0.4, 0.5) is 5.69 Å². The maximum atomic E-state index is 9.65. The van der Waals surface area contributed by atoms with E-state index in [9.17, 15) is 5.11 Å². The first-order valence-electron chi connectivity index (χ1n) is 6.73. The Morgan fingerprint density at radius 3 is 2.68 bits per heavy atom. The summed E-state index contributed by atoms with van der Waals surface area (Å²) >= 11 is 5.91. The predicted octanol–water partition coefficient (Wildman–Crippen LogP) is 3.57. The smallest absolute Gasteiger partial charge is 0.101 e. The van der Waals surface area contributed by atoms with E-state index in [0.717, 1.165) is 25.1 Å². The third-order valence-electron chi connectivity index (χ3n) is 4.00. The van der Waals surface area contributed by atoms with Gasteiger partial charge in [0.25, 0.3) is 0 Å². The molecular formula is C15H19ClN2O. The van der Waals surface area contributed by atoms with Gasteiger partial charge in [0.2, 0.25) is 0 Å². The number of nitrogens with zero attached hydrogens (tertiary/aromatic N) is 1. The lowest BCUT2D eigenvalue weighted by Crippen LogP contribution is -2.35. The second kappa shape index (κ2) is 6.27. The van der Waals surface area contributed by atoms with Gasteiger partial charge in [0, 0.05) is 17.6 Å². The van der Waals surface area contributed by atoms with Crippen LogP contribution in [0.15, 0.2) is 18.2 Å². The molecule has 0 heterocycles. The SMILES string of the molecule is N#Cc1cc(NCC2(CO)CCCCC2)ccc1Cl. The highest BCUT2D eigenvalue weighted by Gasteiger charge is 2.31. The zero-order chi connectivity index (χ0) is 13.7. The summed E-state index contributed by atoms with van der Waals surface area (Å²) in [4.78, 5) is 0. The van der Waals surface area contributed by atoms with Crippen molar-refractivity contribution in [1.82, 2.24) is 0 Å². The molecule has 1 aliphatic carbocycles. The lowest BCUT2D eigenvalue weighted by Gasteiger charge is -2.36. The fraction of sp³-hybridized carbons (Fsp3) is 0.533. The average Bonchev–Trinajstić information content (AvgIpc) is 2.47. The topological polar surface area (TPSA) is 56.0 Å². The molecule has 0 saturated heterocycles. The van der Waals surface area contributed by atoms with Crippen molar-refractivity contribution in [2.24, 2.45) is 5.41 Å². The number of hydrogen-bond acceptors (Lipinski definition) is 3. The first-order chi connectivity index (χ1) is 9.19. The average molecular weight is 279 g/mol. The molecule has 1 aliphatic rings. The summed E-state index contributed by atoms with van der Waals surface area (Å²) < 4.78 is 0. The summed E-state index contributed by atoms with van der Waals surface area (Å²) in [5.74, 6) is 0. The maximum absolute atomic E-state index is 9.65. The Balaban J connectivity index is 2.03. The van der Waals surface area contributed by atoms with E-state index in [0.29, 0.717) is 10.6 Å². The molecular weight excluding hydrogens is 260 g/mol. The van der Waals surface area contributed by atoms with Crippen LogP contribution >= 0.6 is 11.6 Å². The minimum absolute atomic E-state index is 0.00923. The molecule has 1 aromatic carbocycles. The third kappa shape index (κ3) is 3.40. The van der Waals surface area contributed by atoms with E-state index in [1.54, 1.807) is 12.1 Å². The predicted molar refractivity (Wildman–Crippen MR) is 77.3 cm³/mol. The van der Waals surface area contributed by atoms with Crippen molar-refractivity contribution in [3.63, 3.8) is 0 Å². The van der Waals surface area contributed by atoms with Gasteiger partial charge in [-0.2, -0.15) is 5.26 Å². The van der Waals surface area contributed by atoms with E-state index in [4.69, 9.17) is 16.9 Å². The molecule has 4 heteroatoms. The van der Waals surface area contributed by atoms with Gasteiger partial charge in [0.1, 0.15) is 6.07 Å². The highest BCUT2D eigenvalue weighted by molar-refractivity contribution is 6.31. The summed E-state index contributed by atoms with van der Waals surface area (Å²) in [7, 11) is 0. The fourth-order valence-electron chi connectivity index (χ4n) is 2.70. The van der Waals surface area contributed by atoms with Gasteiger partial charge in [0.15, 0.2) is 0 Å². The molecule has 0 unspecified atom stereocenters. The van der Waals surface area contributed by atoms with Crippen LogP contribution in [0.25, 0.3) is 0 Å². The summed E-state index contributed by atoms with van der Waals surface area (Å²) in [6.07, 6.45) is 5.77. The fourth-order valence-corrected chi connectivity index (χ4v) is 2.86. The Kier molecular flexibility index (Phi) is 4.68. The van der Waals surface area contributed by atoms with Gasteiger partial charge in [-0.25, -0.2) is 0 Å². The molecule has 19 heavy (non-hydrogen) atoms. The van der Waals surface area contributed by atoms with Gasteiger partial charge in [0.05, 0.1) is 17.2 Å². The maximum Gasteiger partial charge on any atom is 0.101 e. The summed E-state index contributed by atoms with van der Waals surface area (Å²) in [6.45, 7) is 0.967. The Morgan fingerprint density at radius 1 is 1.32 bits per heavy atom. The molecule has 0 aromatic heterocycles. The second-order valence-corrected chi connectivity index (χ2v) is 5.79. The molecule has 1 saturated carbocycles. The minimum Gasteiger partial charge on any atom is -0.396 e. The van der Waals surface area contributed by atoms with Crippen molar-refractivity contribution in [2.75, 3.05) is 18.5 Å². The molecule has 0 radical (unpaired) electrons. The van der Waals surface area contributed by atoms with Crippen LogP contribution in [0.1, 0.15) is 37.7 Å². The van der Waals surface area contributed by atoms with Gasteiger partial charge in [-0.3, -0.25) is 0 Å². The Morgan fingerprint density at radius 2 is 2.05 bits per heavy atom. The van der Waals surface area contributed by atoms with Crippen LogP contribution in [0.5, 0.6) is 0 Å². The molecule has 2 rings (SSSR count). The van der Waals surface area contributed by atoms with Crippen LogP contribution in [-0.2, 0) is 0 Å². The van der Waals surface area contributed by atoms with Gasteiger partial charge in [-0.1, -0.05) is 30.9 Å². The van der Waals surface area contributed by atoms with Crippen molar-refractivity contribution < 1.29 is 5.11 Å². The largest absolute Gasteiger partial charge is 0.396 e. The van der Waals surface area contributed by atoms with Crippen LogP contribution in [0.3, 0.4) is 0 Å². The van der Waals surface area contributed by atoms with E-state index in [2.05, 4.69) is 11.4 Å². The van der Waals surface area contributed by atoms with Crippen LogP contribution in [0.2, 0.25) is 5.02 Å². The van der Waals surface area contributed by atoms with E-state index in [1.807, 2.05) is 6.07 Å². The first kappa shape index (κ1) is 14.2. The Bertz CT molecular complexity index is 476. The summed E-state index contributed by atoms with van der Waals surface area (Å²) in [5, 5.41) is 22.4. The highest BCUT2D eigenvalue weighted by Crippen LogP contribution is 2.36. The second-order valence-electron chi connectivity index (χ2n) is 5.38. The lowest BCUT2D eigenvalue weighted by molar-refractivity contribution is 0.0944. The molecule has 0 amide bonds. The number of halogens is 1. The summed E-state index contributed by atoms with van der Waals surface area (Å²) in [6, 6.07) is 7.44. The van der Waals surface area contributed by atoms with Crippen LogP contribution in [0, 0.1) is 16.7 Å². The molecule has 2 N–H and O–H groups in total. The summed E-state index contributed by atoms with van der Waals surface area (Å²) in [5.41, 5.74) is 1.36. The van der Waals surface area contributed by atoms with Gasteiger partial charge in [-0.05, 0) is 31.0 Å². The number of benzene rings is 1. The number of nitrogens with one attached hydrogen (secondary N) is 1.